The summed E-state index contributed by atoms with van der Waals surface area (Å²) in [7, 11) is 0. The monoisotopic (exact) mass is 327 g/mol. The van der Waals surface area contributed by atoms with Crippen molar-refractivity contribution in [3.05, 3.63) is 35.9 Å². The summed E-state index contributed by atoms with van der Waals surface area (Å²) in [6.07, 6.45) is 2.93. The lowest BCUT2D eigenvalue weighted by atomic mass is 9.38. The SMILES string of the molecule is C=CCN1C2Cc3ccc(O)c4c3[C@@]3(C[C@H]1C23O)[C@H](C(=O)CC)O4. The molecule has 1 spiro atoms. The molecule has 1 saturated heterocycles. The topological polar surface area (TPSA) is 70.0 Å². The Morgan fingerprint density at radius 2 is 2.29 bits per heavy atom. The van der Waals surface area contributed by atoms with E-state index < -0.39 is 17.1 Å². The maximum Gasteiger partial charge on any atom is 0.174 e. The number of benzene rings is 1. The molecule has 2 aliphatic carbocycles. The molecule has 5 nitrogen and oxygen atoms in total. The van der Waals surface area contributed by atoms with Gasteiger partial charge in [-0.15, -0.1) is 6.58 Å². The molecule has 2 aliphatic heterocycles. The van der Waals surface area contributed by atoms with Crippen molar-refractivity contribution >= 4 is 5.78 Å². The van der Waals surface area contributed by atoms with Gasteiger partial charge in [-0.1, -0.05) is 19.1 Å². The number of carbonyl (C=O) groups excluding carboxylic acids is 1. The van der Waals surface area contributed by atoms with Crippen LogP contribution in [0, 0.1) is 0 Å². The maximum absolute atomic E-state index is 12.6. The number of ketones is 1. The summed E-state index contributed by atoms with van der Waals surface area (Å²) in [6.45, 7) is 6.37. The second kappa shape index (κ2) is 4.21. The zero-order valence-corrected chi connectivity index (χ0v) is 13.7. The molecule has 5 heteroatoms. The molecule has 126 valence electrons. The Labute approximate surface area is 140 Å². The lowest BCUT2D eigenvalue weighted by Crippen LogP contribution is -2.94. The number of aromatic hydroxyl groups is 1. The Morgan fingerprint density at radius 1 is 1.50 bits per heavy atom. The van der Waals surface area contributed by atoms with Crippen molar-refractivity contribution in [1.82, 2.24) is 4.90 Å². The molecular formula is C19H21NO4. The number of phenols is 1. The number of hydrogen-bond acceptors (Lipinski definition) is 5. The Balaban J connectivity index is 1.72. The Morgan fingerprint density at radius 3 is 3.00 bits per heavy atom. The second-order valence-electron chi connectivity index (χ2n) is 7.49. The van der Waals surface area contributed by atoms with E-state index >= 15 is 0 Å². The highest BCUT2D eigenvalue weighted by molar-refractivity contribution is 5.89. The minimum Gasteiger partial charge on any atom is -0.504 e. The van der Waals surface area contributed by atoms with E-state index in [0.29, 0.717) is 25.0 Å². The Hall–Kier alpha value is -1.85. The summed E-state index contributed by atoms with van der Waals surface area (Å²) in [6, 6.07) is 3.57. The van der Waals surface area contributed by atoms with Gasteiger partial charge < -0.3 is 14.9 Å². The minimum absolute atomic E-state index is 0.00811. The molecule has 5 atom stereocenters. The highest BCUT2D eigenvalue weighted by Crippen LogP contribution is 2.72. The van der Waals surface area contributed by atoms with Crippen LogP contribution in [0.1, 0.15) is 30.9 Å². The van der Waals surface area contributed by atoms with E-state index in [9.17, 15) is 15.0 Å². The molecule has 5 rings (SSSR count). The van der Waals surface area contributed by atoms with Crippen LogP contribution in [0.5, 0.6) is 11.5 Å². The summed E-state index contributed by atoms with van der Waals surface area (Å²) in [5.74, 6) is 0.463. The van der Waals surface area contributed by atoms with Gasteiger partial charge >= 0.3 is 0 Å². The van der Waals surface area contributed by atoms with E-state index in [4.69, 9.17) is 4.74 Å². The summed E-state index contributed by atoms with van der Waals surface area (Å²) in [5.41, 5.74) is 0.311. The Bertz CT molecular complexity index is 790. The van der Waals surface area contributed by atoms with Crippen LogP contribution in [-0.4, -0.2) is 51.2 Å². The third kappa shape index (κ3) is 1.21. The largest absolute Gasteiger partial charge is 0.504 e. The van der Waals surface area contributed by atoms with Gasteiger partial charge in [0, 0.05) is 30.6 Å². The number of aliphatic hydroxyl groups is 1. The highest BCUT2D eigenvalue weighted by Gasteiger charge is 2.84. The molecule has 2 N–H and O–H groups in total. The summed E-state index contributed by atoms with van der Waals surface area (Å²) in [5, 5.41) is 21.8. The molecule has 24 heavy (non-hydrogen) atoms. The van der Waals surface area contributed by atoms with Crippen LogP contribution in [0.15, 0.2) is 24.8 Å². The maximum atomic E-state index is 12.6. The molecule has 1 saturated carbocycles. The van der Waals surface area contributed by atoms with Gasteiger partial charge in [-0.2, -0.15) is 0 Å². The van der Waals surface area contributed by atoms with Crippen molar-refractivity contribution in [3.8, 4) is 11.5 Å². The molecule has 0 radical (unpaired) electrons. The predicted octanol–water partition coefficient (Wildman–Crippen LogP) is 1.30. The predicted molar refractivity (Wildman–Crippen MR) is 87.2 cm³/mol. The molecule has 2 unspecified atom stereocenters. The van der Waals surface area contributed by atoms with E-state index in [1.807, 2.05) is 19.1 Å². The lowest BCUT2D eigenvalue weighted by Gasteiger charge is -2.77. The lowest BCUT2D eigenvalue weighted by molar-refractivity contribution is -0.317. The van der Waals surface area contributed by atoms with E-state index in [1.54, 1.807) is 6.07 Å². The molecule has 1 aromatic rings. The number of likely N-dealkylation sites (tertiary alicyclic amines) is 1. The molecular weight excluding hydrogens is 306 g/mol. The number of hydrogen-bond donors (Lipinski definition) is 2. The Kier molecular flexibility index (Phi) is 2.54. The molecule has 0 amide bonds. The van der Waals surface area contributed by atoms with Crippen molar-refractivity contribution in [2.24, 2.45) is 0 Å². The van der Waals surface area contributed by atoms with Crippen LogP contribution < -0.4 is 4.74 Å². The van der Waals surface area contributed by atoms with Gasteiger partial charge in [0.2, 0.25) is 0 Å². The molecule has 1 aromatic carbocycles. The van der Waals surface area contributed by atoms with Crippen molar-refractivity contribution in [2.45, 2.75) is 55.4 Å². The average molecular weight is 327 g/mol. The third-order valence-electron chi connectivity index (χ3n) is 6.79. The zero-order chi connectivity index (χ0) is 16.9. The first-order chi connectivity index (χ1) is 11.5. The number of ether oxygens (including phenoxy) is 1. The minimum atomic E-state index is -0.947. The zero-order valence-electron chi connectivity index (χ0n) is 13.7. The van der Waals surface area contributed by atoms with Gasteiger partial charge in [0.1, 0.15) is 5.60 Å². The van der Waals surface area contributed by atoms with E-state index in [-0.39, 0.29) is 23.6 Å². The fourth-order valence-electron chi connectivity index (χ4n) is 5.84. The first-order valence-corrected chi connectivity index (χ1v) is 8.64. The van der Waals surface area contributed by atoms with Crippen molar-refractivity contribution in [1.29, 1.82) is 0 Å². The number of nitrogens with zero attached hydrogens (tertiary/aromatic N) is 1. The number of phenolic OH excluding ortho intramolecular Hbond substituents is 1. The number of piperidine rings is 1. The van der Waals surface area contributed by atoms with Crippen LogP contribution in [0.3, 0.4) is 0 Å². The smallest absolute Gasteiger partial charge is 0.174 e. The van der Waals surface area contributed by atoms with Crippen LogP contribution in [0.25, 0.3) is 0 Å². The fourth-order valence-corrected chi connectivity index (χ4v) is 5.84. The molecule has 2 fully saturated rings. The number of carbonyl (C=O) groups is 1. The summed E-state index contributed by atoms with van der Waals surface area (Å²) < 4.78 is 5.97. The van der Waals surface area contributed by atoms with Crippen LogP contribution in [0.2, 0.25) is 0 Å². The van der Waals surface area contributed by atoms with Crippen molar-refractivity contribution in [3.63, 3.8) is 0 Å². The number of Topliss-reactive ketones (excluding diaryl/α,β-unsaturated/α-hetero) is 1. The normalized spacial score (nSPS) is 40.7. The van der Waals surface area contributed by atoms with Crippen molar-refractivity contribution in [2.75, 3.05) is 6.54 Å². The number of rotatable bonds is 4. The summed E-state index contributed by atoms with van der Waals surface area (Å²) >= 11 is 0. The standard InChI is InChI=1S/C19H21NO4/c1-3-7-20-13-8-10-5-6-12(22)16-15(10)18(9-14(20)19(13,18)23)17(24-16)11(21)4-2/h3,5-6,13-14,17,22-23H,1,4,7-9H2,2H3/t13?,14-,17-,18-,19?/m0/s1. The van der Waals surface area contributed by atoms with E-state index in [0.717, 1.165) is 17.7 Å². The quantitative estimate of drug-likeness (QED) is 0.816. The highest BCUT2D eigenvalue weighted by atomic mass is 16.5. The van der Waals surface area contributed by atoms with Gasteiger partial charge in [0.05, 0.1) is 5.41 Å². The van der Waals surface area contributed by atoms with E-state index in [1.165, 1.54) is 0 Å². The van der Waals surface area contributed by atoms with Gasteiger partial charge in [-0.25, -0.2) is 0 Å². The molecule has 0 aromatic heterocycles. The first kappa shape index (κ1) is 14.5. The fraction of sp³-hybridized carbons (Fsp3) is 0.526. The molecule has 4 aliphatic rings. The molecule has 0 bridgehead atoms. The van der Waals surface area contributed by atoms with Crippen LogP contribution in [0.4, 0.5) is 0 Å². The van der Waals surface area contributed by atoms with Gasteiger partial charge in [-0.05, 0) is 24.5 Å². The van der Waals surface area contributed by atoms with Gasteiger partial charge in [0.25, 0.3) is 0 Å². The first-order valence-electron chi connectivity index (χ1n) is 8.64. The third-order valence-corrected chi connectivity index (χ3v) is 6.79. The van der Waals surface area contributed by atoms with Crippen molar-refractivity contribution < 1.29 is 19.7 Å². The van der Waals surface area contributed by atoms with E-state index in [2.05, 4.69) is 11.5 Å². The average Bonchev–Trinajstić information content (AvgIpc) is 2.94. The van der Waals surface area contributed by atoms with Gasteiger partial charge in [0.15, 0.2) is 23.4 Å². The van der Waals surface area contributed by atoms with Crippen LogP contribution in [-0.2, 0) is 16.6 Å². The molecule has 2 heterocycles. The second-order valence-corrected chi connectivity index (χ2v) is 7.49. The van der Waals surface area contributed by atoms with Crippen LogP contribution >= 0.6 is 0 Å². The summed E-state index contributed by atoms with van der Waals surface area (Å²) in [4.78, 5) is 14.9. The van der Waals surface area contributed by atoms with Gasteiger partial charge in [-0.3, -0.25) is 9.69 Å².